The first kappa shape index (κ1) is 19.3. The van der Waals surface area contributed by atoms with Crippen LogP contribution in [-0.4, -0.2) is 44.9 Å². The molecule has 0 spiro atoms. The van der Waals surface area contributed by atoms with Crippen molar-refractivity contribution in [2.75, 3.05) is 16.8 Å². The molecule has 2 N–H and O–H groups in total. The Morgan fingerprint density at radius 3 is 2.89 bits per heavy atom. The summed E-state index contributed by atoms with van der Waals surface area (Å²) >= 11 is 2.18. The number of rotatable bonds is 6. The van der Waals surface area contributed by atoms with Crippen molar-refractivity contribution in [2.24, 2.45) is 5.92 Å². The second kappa shape index (κ2) is 8.05. The van der Waals surface area contributed by atoms with E-state index in [2.05, 4.69) is 15.5 Å². The van der Waals surface area contributed by atoms with Gasteiger partial charge in [0.25, 0.3) is 0 Å². The Morgan fingerprint density at radius 1 is 1.41 bits per heavy atom. The smallest absolute Gasteiger partial charge is 0.316 e. The van der Waals surface area contributed by atoms with Gasteiger partial charge in [-0.1, -0.05) is 35.2 Å². The lowest BCUT2D eigenvalue weighted by molar-refractivity contribution is -0.136. The summed E-state index contributed by atoms with van der Waals surface area (Å²) in [5.74, 6) is -1.81. The van der Waals surface area contributed by atoms with Crippen LogP contribution in [0.3, 0.4) is 0 Å². The van der Waals surface area contributed by atoms with Crippen molar-refractivity contribution in [1.82, 2.24) is 10.2 Å². The van der Waals surface area contributed by atoms with Crippen molar-refractivity contribution >= 4 is 51.7 Å². The highest BCUT2D eigenvalue weighted by atomic mass is 32.2. The van der Waals surface area contributed by atoms with E-state index < -0.39 is 17.1 Å². The number of hydrogen-bond acceptors (Lipinski definition) is 7. The molecule has 0 radical (unpaired) electrons. The van der Waals surface area contributed by atoms with Crippen LogP contribution in [0.4, 0.5) is 10.8 Å². The summed E-state index contributed by atoms with van der Waals surface area (Å²) in [4.78, 5) is 37.3. The standard InChI is InChI=1S/C17H18N4O4S2/c1-9-4-3-5-12(6-9)21-8-11(7-13(21)22)14(23)18-16-19-20-17(27-16)26-10(2)15(24)25/h3-6,10-11H,7-8H2,1-2H3,(H,24,25)(H,18,19,23)/t10-,11-/m1/s1. The van der Waals surface area contributed by atoms with Gasteiger partial charge in [0.05, 0.1) is 5.92 Å². The number of carboxylic acids is 1. The van der Waals surface area contributed by atoms with Crippen LogP contribution in [0, 0.1) is 12.8 Å². The molecule has 2 heterocycles. The Morgan fingerprint density at radius 2 is 2.19 bits per heavy atom. The summed E-state index contributed by atoms with van der Waals surface area (Å²) in [6.07, 6.45) is 0.135. The Bertz CT molecular complexity index is 885. The van der Waals surface area contributed by atoms with Gasteiger partial charge < -0.3 is 15.3 Å². The summed E-state index contributed by atoms with van der Waals surface area (Å²) in [5.41, 5.74) is 1.83. The fraction of sp³-hybridized carbons (Fsp3) is 0.353. The monoisotopic (exact) mass is 406 g/mol. The van der Waals surface area contributed by atoms with Crippen LogP contribution in [-0.2, 0) is 14.4 Å². The maximum absolute atomic E-state index is 12.5. The molecule has 0 saturated carbocycles. The van der Waals surface area contributed by atoms with Gasteiger partial charge in [-0.05, 0) is 31.5 Å². The van der Waals surface area contributed by atoms with E-state index >= 15 is 0 Å². The molecule has 0 bridgehead atoms. The highest BCUT2D eigenvalue weighted by Gasteiger charge is 2.35. The van der Waals surface area contributed by atoms with E-state index in [0.29, 0.717) is 16.0 Å². The molecule has 1 aromatic carbocycles. The lowest BCUT2D eigenvalue weighted by Gasteiger charge is -2.17. The molecule has 2 atom stereocenters. The van der Waals surface area contributed by atoms with E-state index in [0.717, 1.165) is 34.3 Å². The van der Waals surface area contributed by atoms with Gasteiger partial charge in [-0.2, -0.15) is 0 Å². The number of hydrogen-bond donors (Lipinski definition) is 2. The fourth-order valence-electron chi connectivity index (χ4n) is 2.65. The first-order valence-corrected chi connectivity index (χ1v) is 9.94. The quantitative estimate of drug-likeness (QED) is 0.559. The Kier molecular flexibility index (Phi) is 5.76. The van der Waals surface area contributed by atoms with E-state index in [4.69, 9.17) is 5.11 Å². The largest absolute Gasteiger partial charge is 0.480 e. The minimum Gasteiger partial charge on any atom is -0.480 e. The topological polar surface area (TPSA) is 112 Å². The molecule has 1 aliphatic heterocycles. The number of benzene rings is 1. The molecule has 8 nitrogen and oxygen atoms in total. The van der Waals surface area contributed by atoms with Crippen molar-refractivity contribution in [3.05, 3.63) is 29.8 Å². The second-order valence-corrected chi connectivity index (χ2v) is 8.77. The highest BCUT2D eigenvalue weighted by Crippen LogP contribution is 2.30. The molecule has 1 aromatic heterocycles. The van der Waals surface area contributed by atoms with Crippen molar-refractivity contribution < 1.29 is 19.5 Å². The Balaban J connectivity index is 1.61. The Labute approximate surface area is 164 Å². The van der Waals surface area contributed by atoms with Gasteiger partial charge in [0.1, 0.15) is 5.25 Å². The third-order valence-corrected chi connectivity index (χ3v) is 6.08. The average molecular weight is 406 g/mol. The van der Waals surface area contributed by atoms with E-state index in [1.165, 1.54) is 0 Å². The lowest BCUT2D eigenvalue weighted by Crippen LogP contribution is -2.28. The summed E-state index contributed by atoms with van der Waals surface area (Å²) in [5, 5.41) is 19.0. The fourth-order valence-corrected chi connectivity index (χ4v) is 4.48. The number of anilines is 2. The number of aliphatic carboxylic acids is 1. The zero-order chi connectivity index (χ0) is 19.6. The zero-order valence-electron chi connectivity index (χ0n) is 14.7. The minimum atomic E-state index is -0.943. The van der Waals surface area contributed by atoms with E-state index in [9.17, 15) is 14.4 Å². The molecule has 0 aliphatic carbocycles. The molecule has 3 rings (SSSR count). The number of nitrogens with zero attached hydrogens (tertiary/aromatic N) is 3. The zero-order valence-corrected chi connectivity index (χ0v) is 16.3. The number of nitrogens with one attached hydrogen (secondary N) is 1. The summed E-state index contributed by atoms with van der Waals surface area (Å²) in [6, 6.07) is 7.59. The van der Waals surface area contributed by atoms with Gasteiger partial charge in [-0.15, -0.1) is 10.2 Å². The van der Waals surface area contributed by atoms with E-state index in [1.807, 2.05) is 31.2 Å². The summed E-state index contributed by atoms with van der Waals surface area (Å²) < 4.78 is 0.462. The molecular formula is C17H18N4O4S2. The molecule has 10 heteroatoms. The van der Waals surface area contributed by atoms with Crippen molar-refractivity contribution in [3.63, 3.8) is 0 Å². The van der Waals surface area contributed by atoms with Gasteiger partial charge >= 0.3 is 5.97 Å². The molecule has 1 saturated heterocycles. The molecule has 1 aliphatic rings. The first-order chi connectivity index (χ1) is 12.8. The summed E-state index contributed by atoms with van der Waals surface area (Å²) in [7, 11) is 0. The highest BCUT2D eigenvalue weighted by molar-refractivity contribution is 8.02. The number of amides is 2. The maximum atomic E-state index is 12.5. The first-order valence-electron chi connectivity index (χ1n) is 8.24. The normalized spacial score (nSPS) is 17.8. The van der Waals surface area contributed by atoms with Crippen molar-refractivity contribution in [2.45, 2.75) is 29.9 Å². The number of carboxylic acid groups (broad SMARTS) is 1. The molecular weight excluding hydrogens is 388 g/mol. The van der Waals surface area contributed by atoms with Crippen molar-refractivity contribution in [3.8, 4) is 0 Å². The lowest BCUT2D eigenvalue weighted by atomic mass is 10.1. The van der Waals surface area contributed by atoms with Crippen LogP contribution in [0.1, 0.15) is 18.9 Å². The average Bonchev–Trinajstić information content (AvgIpc) is 3.21. The van der Waals surface area contributed by atoms with E-state index in [1.54, 1.807) is 11.8 Å². The van der Waals surface area contributed by atoms with E-state index in [-0.39, 0.29) is 18.2 Å². The number of carbonyl (C=O) groups is 3. The van der Waals surface area contributed by atoms with Crippen LogP contribution < -0.4 is 10.2 Å². The summed E-state index contributed by atoms with van der Waals surface area (Å²) in [6.45, 7) is 3.81. The third-order valence-electron chi connectivity index (χ3n) is 4.07. The van der Waals surface area contributed by atoms with Gasteiger partial charge in [0.2, 0.25) is 16.9 Å². The van der Waals surface area contributed by atoms with Crippen molar-refractivity contribution in [1.29, 1.82) is 0 Å². The molecule has 2 aromatic rings. The predicted octanol–water partition coefficient (Wildman–Crippen LogP) is 2.40. The van der Waals surface area contributed by atoms with Gasteiger partial charge in [-0.25, -0.2) is 0 Å². The maximum Gasteiger partial charge on any atom is 0.316 e. The van der Waals surface area contributed by atoms with Crippen LogP contribution >= 0.6 is 23.1 Å². The Hall–Kier alpha value is -2.46. The van der Waals surface area contributed by atoms with Crippen LogP contribution in [0.2, 0.25) is 0 Å². The SMILES string of the molecule is Cc1cccc(N2C[C@H](C(=O)Nc3nnc(S[C@H](C)C(=O)O)s3)CC2=O)c1. The molecule has 0 unspecified atom stereocenters. The third kappa shape index (κ3) is 4.64. The van der Waals surface area contributed by atoms with Crippen LogP contribution in [0.25, 0.3) is 0 Å². The van der Waals surface area contributed by atoms with Gasteiger partial charge in [0, 0.05) is 18.7 Å². The van der Waals surface area contributed by atoms with Gasteiger partial charge in [-0.3, -0.25) is 14.4 Å². The molecule has 27 heavy (non-hydrogen) atoms. The molecule has 2 amide bonds. The van der Waals surface area contributed by atoms with Crippen LogP contribution in [0.5, 0.6) is 0 Å². The second-order valence-electron chi connectivity index (χ2n) is 6.21. The minimum absolute atomic E-state index is 0.0930. The number of aromatic nitrogens is 2. The molecule has 142 valence electrons. The number of aryl methyl sites for hydroxylation is 1. The molecule has 1 fully saturated rings. The number of thioether (sulfide) groups is 1. The van der Waals surface area contributed by atoms with Crippen LogP contribution in [0.15, 0.2) is 28.6 Å². The predicted molar refractivity (Wildman–Crippen MR) is 103 cm³/mol. The van der Waals surface area contributed by atoms with Gasteiger partial charge in [0.15, 0.2) is 4.34 Å². The number of carbonyl (C=O) groups excluding carboxylic acids is 2.